The number of aromatic nitrogens is 4. The Morgan fingerprint density at radius 2 is 1.15 bits per heavy atom. The Hall–Kier alpha value is -8.03. The van der Waals surface area contributed by atoms with Gasteiger partial charge in [0.1, 0.15) is 12.1 Å². The maximum atomic E-state index is 13.3. The summed E-state index contributed by atoms with van der Waals surface area (Å²) in [7, 11) is -8.27. The zero-order chi connectivity index (χ0) is 67.9. The van der Waals surface area contributed by atoms with Crippen molar-refractivity contribution in [3.63, 3.8) is 0 Å². The molecule has 32 nitrogen and oxygen atoms in total. The van der Waals surface area contributed by atoms with Crippen molar-refractivity contribution < 1.29 is 85.0 Å². The molecule has 3 amide bonds. The third-order valence-corrected chi connectivity index (χ3v) is 18.0. The lowest BCUT2D eigenvalue weighted by Gasteiger charge is -2.33. The number of nitrogens with one attached hydrogen (secondary N) is 7. The van der Waals surface area contributed by atoms with Crippen LogP contribution >= 0.6 is 0 Å². The molecular weight excluding hydrogens is 1270 g/mol. The molecule has 0 spiro atoms. The molecule has 0 radical (unpaired) electrons. The fourth-order valence-electron chi connectivity index (χ4n) is 9.81. The number of carbonyl (C=O) groups is 7. The van der Waals surface area contributed by atoms with Crippen molar-refractivity contribution in [1.82, 2.24) is 64.7 Å². The van der Waals surface area contributed by atoms with E-state index >= 15 is 0 Å². The summed E-state index contributed by atoms with van der Waals surface area (Å²) in [4.78, 5) is 100. The highest BCUT2D eigenvalue weighted by Gasteiger charge is 2.28. The van der Waals surface area contributed by atoms with Crippen LogP contribution in [-0.4, -0.2) is 275 Å². The van der Waals surface area contributed by atoms with E-state index in [0.717, 1.165) is 11.9 Å². The van der Waals surface area contributed by atoms with Crippen LogP contribution in [0.3, 0.4) is 0 Å². The van der Waals surface area contributed by atoms with Crippen molar-refractivity contribution in [2.45, 2.75) is 67.4 Å². The second-order valence-corrected chi connectivity index (χ2v) is 25.5. The van der Waals surface area contributed by atoms with E-state index in [1.165, 1.54) is 36.4 Å². The Bertz CT molecular complexity index is 3420. The van der Waals surface area contributed by atoms with Gasteiger partial charge in [-0.3, -0.25) is 48.1 Å². The van der Waals surface area contributed by atoms with Crippen LogP contribution in [0.25, 0.3) is 22.0 Å². The van der Waals surface area contributed by atoms with Crippen molar-refractivity contribution >= 4 is 78.5 Å². The first-order chi connectivity index (χ1) is 45.1. The van der Waals surface area contributed by atoms with Gasteiger partial charge < -0.3 is 65.8 Å². The van der Waals surface area contributed by atoms with Crippen molar-refractivity contribution in [3.05, 3.63) is 90.9 Å². The average Bonchev–Trinajstić information content (AvgIpc) is 1.36. The van der Waals surface area contributed by atoms with Gasteiger partial charge in [-0.25, -0.2) is 31.3 Å². The topological polar surface area (TPSA) is 428 Å². The highest BCUT2D eigenvalue weighted by atomic mass is 32.2. The summed E-state index contributed by atoms with van der Waals surface area (Å²) >= 11 is 0. The minimum atomic E-state index is -4.38. The molecule has 34 heteroatoms. The predicted molar refractivity (Wildman–Crippen MR) is 343 cm³/mol. The van der Waals surface area contributed by atoms with E-state index in [1.54, 1.807) is 68.3 Å². The zero-order valence-electron chi connectivity index (χ0n) is 52.5. The molecule has 11 N–H and O–H groups in total. The number of carboxylic acids is 4. The van der Waals surface area contributed by atoms with Crippen LogP contribution < -0.4 is 30.7 Å². The summed E-state index contributed by atoms with van der Waals surface area (Å²) in [5.41, 5.74) is 2.15. The largest absolute Gasteiger partial charge is 0.480 e. The van der Waals surface area contributed by atoms with E-state index in [0.29, 0.717) is 101 Å². The molecule has 2 aromatic heterocycles. The van der Waals surface area contributed by atoms with Gasteiger partial charge in [-0.2, -0.15) is 9.82 Å². The normalized spacial score (nSPS) is 14.9. The summed E-state index contributed by atoms with van der Waals surface area (Å²) < 4.78 is 75.8. The Balaban J connectivity index is 0.791. The molecule has 0 unspecified atom stereocenters. The molecule has 1 aliphatic heterocycles. The maximum Gasteiger partial charge on any atom is 0.326 e. The van der Waals surface area contributed by atoms with Gasteiger partial charge in [-0.1, -0.05) is 31.2 Å². The molecule has 3 aromatic carbocycles. The summed E-state index contributed by atoms with van der Waals surface area (Å²) in [6, 6.07) is 13.3. The van der Waals surface area contributed by atoms with Gasteiger partial charge >= 0.3 is 23.9 Å². The number of rotatable bonds is 41. The third-order valence-electron chi connectivity index (χ3n) is 15.0. The molecule has 5 aromatic rings. The van der Waals surface area contributed by atoms with Gasteiger partial charge in [-0.05, 0) is 85.8 Å². The monoisotopic (exact) mass is 1350 g/mol. The number of aliphatic carboxylic acids is 4. The number of ether oxygens (including phenoxy) is 3. The lowest BCUT2D eigenvalue weighted by Crippen LogP contribution is -2.50. The highest BCUT2D eigenvalue weighted by Crippen LogP contribution is 2.24. The number of carbonyl (C=O) groups excluding carboxylic acids is 3. The zero-order valence-corrected chi connectivity index (χ0v) is 54.1. The van der Waals surface area contributed by atoms with E-state index in [1.807, 2.05) is 6.92 Å². The molecule has 0 aliphatic carbocycles. The molecule has 516 valence electrons. The second kappa shape index (κ2) is 39.0. The van der Waals surface area contributed by atoms with Gasteiger partial charge in [-0.15, -0.1) is 0 Å². The van der Waals surface area contributed by atoms with E-state index < -0.39 is 80.3 Å². The van der Waals surface area contributed by atoms with Crippen molar-refractivity contribution in [2.24, 2.45) is 0 Å². The van der Waals surface area contributed by atoms with Gasteiger partial charge in [0.2, 0.25) is 31.9 Å². The van der Waals surface area contributed by atoms with E-state index in [2.05, 4.69) is 50.7 Å². The van der Waals surface area contributed by atoms with Gasteiger partial charge in [0, 0.05) is 128 Å². The van der Waals surface area contributed by atoms with Crippen molar-refractivity contribution in [2.75, 3.05) is 150 Å². The number of aromatic amines is 1. The molecule has 6 rings (SSSR count). The summed E-state index contributed by atoms with van der Waals surface area (Å²) in [6.45, 7) is 7.91. The Kier molecular flexibility index (Phi) is 31.1. The predicted octanol–water partition coefficient (Wildman–Crippen LogP) is 0.0749. The first-order valence-corrected chi connectivity index (χ1v) is 33.8. The number of aryl methyl sites for hydroxylation is 1. The smallest absolute Gasteiger partial charge is 0.326 e. The molecule has 0 saturated carbocycles. The lowest BCUT2D eigenvalue weighted by molar-refractivity contribution is -0.142. The van der Waals surface area contributed by atoms with Crippen LogP contribution in [0.2, 0.25) is 0 Å². The average molecular weight is 1360 g/mol. The number of sulfonamides is 2. The van der Waals surface area contributed by atoms with Gasteiger partial charge in [0.15, 0.2) is 5.95 Å². The summed E-state index contributed by atoms with van der Waals surface area (Å²) in [6.07, 6.45) is 6.21. The molecule has 1 fully saturated rings. The fraction of sp³-hybridized carbons (Fsp3) is 0.517. The van der Waals surface area contributed by atoms with Crippen LogP contribution in [-0.2, 0) is 69.6 Å². The number of likely N-dealkylation sites (N-methyl/N-ethyl adjacent to an activating group) is 1. The Labute approximate surface area is 545 Å². The lowest BCUT2D eigenvalue weighted by atomic mass is 10.1. The number of amides is 3. The standard InChI is InChI=1S/C60H86N14O18S2/c1-2-70-24-26-72(42-55(77)78)30-28-71(29-31-73(27-25-70)43-56(79)80)41-54(76)68-50(58(82)83)15-17-53(75)61-19-4-32-90-34-36-92-37-35-91-33-5-20-67-93(86,87)48-11-6-44(7-12-48)45-8-13-49(14-9-45)94(88,89)69-51(59(84)85)40-65-57(81)46-10-16-52-47(38-46)39-66-74(52)23-3-18-62-60-63-21-22-64-60/h6-14,16,21-22,38-39,50-51,67,69H,2-5,15,17-20,23-37,40-43H2,1H3,(H,61,75)(H,65,81)(H,68,76)(H,77,78)(H,79,80)(H,82,83)(H,84,85)(H2,62,63,64)/t50-,51-/m0/s1. The molecule has 1 saturated heterocycles. The van der Waals surface area contributed by atoms with Crippen LogP contribution in [0.1, 0.15) is 49.4 Å². The number of imidazole rings is 1. The quantitative estimate of drug-likeness (QED) is 0.0231. The van der Waals surface area contributed by atoms with Crippen LogP contribution in [0.15, 0.2) is 95.1 Å². The SMILES string of the molecule is CCN1CCN(CC(=O)O)CCN(CC(=O)N[C@@H](CCC(=O)NCCCOCCOCCOCCCNS(=O)(=O)c2ccc(-c3ccc(S(=O)(=O)N[C@@H](CNC(=O)c4ccc5c(cnn5CCCNc5ncc[nH]5)c4)C(=O)O)cc3)cc2)C(=O)O)CCN(CC(=O)O)CC1. The number of anilines is 1. The molecular formula is C60H86N14O18S2. The number of hydrogen-bond donors (Lipinski definition) is 11. The van der Waals surface area contributed by atoms with Crippen LogP contribution in [0.5, 0.6) is 0 Å². The number of hydrogen-bond acceptors (Lipinski definition) is 21. The molecule has 2 atom stereocenters. The third kappa shape index (κ3) is 26.4. The van der Waals surface area contributed by atoms with E-state index in [4.69, 9.17) is 14.2 Å². The first kappa shape index (κ1) is 75.0. The van der Waals surface area contributed by atoms with E-state index in [9.17, 15) is 70.8 Å². The number of nitrogens with zero attached hydrogens (tertiary/aromatic N) is 7. The Morgan fingerprint density at radius 1 is 0.606 bits per heavy atom. The summed E-state index contributed by atoms with van der Waals surface area (Å²) in [5, 5.41) is 54.7. The number of benzene rings is 3. The minimum absolute atomic E-state index is 0.00126. The second-order valence-electron chi connectivity index (χ2n) is 22.0. The van der Waals surface area contributed by atoms with E-state index in [-0.39, 0.29) is 107 Å². The van der Waals surface area contributed by atoms with Gasteiger partial charge in [0.25, 0.3) is 5.91 Å². The highest BCUT2D eigenvalue weighted by molar-refractivity contribution is 7.89. The van der Waals surface area contributed by atoms with Crippen molar-refractivity contribution in [3.8, 4) is 11.1 Å². The minimum Gasteiger partial charge on any atom is -0.480 e. The maximum absolute atomic E-state index is 13.3. The molecule has 1 aliphatic rings. The molecule has 3 heterocycles. The number of H-pyrrole nitrogens is 1. The van der Waals surface area contributed by atoms with Crippen LogP contribution in [0.4, 0.5) is 5.95 Å². The first-order valence-electron chi connectivity index (χ1n) is 30.9. The fourth-order valence-corrected chi connectivity index (χ4v) is 12.1. The number of carboxylic acid groups (broad SMARTS) is 4. The van der Waals surface area contributed by atoms with Crippen LogP contribution in [0, 0.1) is 0 Å². The Morgan fingerprint density at radius 3 is 1.69 bits per heavy atom. The summed E-state index contributed by atoms with van der Waals surface area (Å²) in [5.74, 6) is -5.79. The number of fused-ring (bicyclic) bond motifs is 1. The van der Waals surface area contributed by atoms with Gasteiger partial charge in [0.05, 0.1) is 67.6 Å². The molecule has 0 bridgehead atoms. The molecule has 94 heavy (non-hydrogen) atoms. The van der Waals surface area contributed by atoms with Crippen molar-refractivity contribution in [1.29, 1.82) is 0 Å².